The first kappa shape index (κ1) is 11.2. The first-order valence-electron chi connectivity index (χ1n) is 6.01. The molecule has 1 aliphatic rings. The van der Waals surface area contributed by atoms with Crippen LogP contribution in [0.4, 0.5) is 14.5 Å². The molecule has 18 heavy (non-hydrogen) atoms. The number of hydrogen-bond donors (Lipinski definition) is 0. The van der Waals surface area contributed by atoms with Crippen molar-refractivity contribution in [2.75, 3.05) is 11.4 Å². The molecule has 3 rings (SSSR count). The van der Waals surface area contributed by atoms with Crippen molar-refractivity contribution in [3.8, 4) is 0 Å². The zero-order valence-electron chi connectivity index (χ0n) is 9.87. The molecule has 92 valence electrons. The third-order valence-corrected chi connectivity index (χ3v) is 3.38. The Hall–Kier alpha value is -1.90. The van der Waals surface area contributed by atoms with E-state index in [1.807, 2.05) is 18.2 Å². The van der Waals surface area contributed by atoms with Gasteiger partial charge in [0.15, 0.2) is 0 Å². The highest BCUT2D eigenvalue weighted by atomic mass is 19.1. The van der Waals surface area contributed by atoms with Crippen molar-refractivity contribution in [1.29, 1.82) is 0 Å². The van der Waals surface area contributed by atoms with Gasteiger partial charge in [-0.25, -0.2) is 8.78 Å². The molecule has 2 aromatic carbocycles. The summed E-state index contributed by atoms with van der Waals surface area (Å²) in [5, 5.41) is 0. The molecule has 0 saturated heterocycles. The Morgan fingerprint density at radius 2 is 1.50 bits per heavy atom. The minimum atomic E-state index is -0.491. The number of fused-ring (bicyclic) bond motifs is 1. The average molecular weight is 245 g/mol. The Labute approximate surface area is 105 Å². The standard InChI is InChI=1S/C15H13F2N/c16-13-6-3-7-14(17)15(13)18-9-8-11-4-1-2-5-12(11)10-18/h1-7H,8-10H2. The number of rotatable bonds is 1. The molecule has 0 amide bonds. The predicted octanol–water partition coefficient (Wildman–Crippen LogP) is 3.53. The second-order valence-electron chi connectivity index (χ2n) is 4.51. The highest BCUT2D eigenvalue weighted by Crippen LogP contribution is 2.28. The van der Waals surface area contributed by atoms with Crippen LogP contribution in [0.3, 0.4) is 0 Å². The number of halogens is 2. The largest absolute Gasteiger partial charge is 0.362 e. The Morgan fingerprint density at radius 3 is 2.22 bits per heavy atom. The van der Waals surface area contributed by atoms with Crippen molar-refractivity contribution < 1.29 is 8.78 Å². The van der Waals surface area contributed by atoms with Crippen LogP contribution in [0.25, 0.3) is 0 Å². The van der Waals surface area contributed by atoms with E-state index in [1.54, 1.807) is 4.90 Å². The van der Waals surface area contributed by atoms with Gasteiger partial charge >= 0.3 is 0 Å². The fourth-order valence-electron chi connectivity index (χ4n) is 2.48. The van der Waals surface area contributed by atoms with Gasteiger partial charge in [-0.15, -0.1) is 0 Å². The van der Waals surface area contributed by atoms with E-state index in [0.717, 1.165) is 12.0 Å². The van der Waals surface area contributed by atoms with E-state index < -0.39 is 11.6 Å². The molecule has 0 N–H and O–H groups in total. The average Bonchev–Trinajstić information content (AvgIpc) is 2.38. The van der Waals surface area contributed by atoms with Gasteiger partial charge in [-0.05, 0) is 29.7 Å². The Balaban J connectivity index is 1.97. The van der Waals surface area contributed by atoms with Gasteiger partial charge in [0.2, 0.25) is 0 Å². The van der Waals surface area contributed by atoms with Gasteiger partial charge in [-0.3, -0.25) is 0 Å². The normalized spacial score (nSPS) is 14.4. The number of benzene rings is 2. The van der Waals surface area contributed by atoms with Crippen LogP contribution in [-0.2, 0) is 13.0 Å². The molecule has 0 atom stereocenters. The Kier molecular flexibility index (Phi) is 2.74. The molecule has 3 heteroatoms. The maximum Gasteiger partial charge on any atom is 0.149 e. The van der Waals surface area contributed by atoms with Gasteiger partial charge in [0.05, 0.1) is 0 Å². The molecular weight excluding hydrogens is 232 g/mol. The predicted molar refractivity (Wildman–Crippen MR) is 67.6 cm³/mol. The van der Waals surface area contributed by atoms with Crippen molar-refractivity contribution >= 4 is 5.69 Å². The summed E-state index contributed by atoms with van der Waals surface area (Å²) in [6.45, 7) is 1.21. The third-order valence-electron chi connectivity index (χ3n) is 3.38. The van der Waals surface area contributed by atoms with E-state index in [4.69, 9.17) is 0 Å². The number of hydrogen-bond acceptors (Lipinski definition) is 1. The zero-order valence-corrected chi connectivity index (χ0v) is 9.87. The lowest BCUT2D eigenvalue weighted by Gasteiger charge is -2.31. The quantitative estimate of drug-likeness (QED) is 0.743. The second-order valence-corrected chi connectivity index (χ2v) is 4.51. The first-order chi connectivity index (χ1) is 8.75. The molecule has 0 bridgehead atoms. The summed E-state index contributed by atoms with van der Waals surface area (Å²) in [6, 6.07) is 12.0. The van der Waals surface area contributed by atoms with Gasteiger partial charge < -0.3 is 4.90 Å². The van der Waals surface area contributed by atoms with Gasteiger partial charge in [-0.1, -0.05) is 30.3 Å². The summed E-state index contributed by atoms with van der Waals surface area (Å²) >= 11 is 0. The SMILES string of the molecule is Fc1cccc(F)c1N1CCc2ccccc2C1. The molecule has 0 saturated carbocycles. The molecule has 0 spiro atoms. The van der Waals surface area contributed by atoms with Crippen LogP contribution >= 0.6 is 0 Å². The number of nitrogens with zero attached hydrogens (tertiary/aromatic N) is 1. The lowest BCUT2D eigenvalue weighted by Crippen LogP contribution is -2.31. The summed E-state index contributed by atoms with van der Waals surface area (Å²) in [5.74, 6) is -0.983. The number of anilines is 1. The van der Waals surface area contributed by atoms with Crippen LogP contribution in [0.5, 0.6) is 0 Å². The lowest BCUT2D eigenvalue weighted by molar-refractivity contribution is 0.564. The minimum Gasteiger partial charge on any atom is -0.362 e. The van der Waals surface area contributed by atoms with Crippen molar-refractivity contribution in [1.82, 2.24) is 0 Å². The summed E-state index contributed by atoms with van der Waals surface area (Å²) in [4.78, 5) is 1.77. The molecule has 0 radical (unpaired) electrons. The highest BCUT2D eigenvalue weighted by molar-refractivity contribution is 5.51. The topological polar surface area (TPSA) is 3.24 Å². The molecular formula is C15H13F2N. The fourth-order valence-corrected chi connectivity index (χ4v) is 2.48. The molecule has 1 heterocycles. The Bertz CT molecular complexity index is 560. The van der Waals surface area contributed by atoms with Gasteiger partial charge in [0, 0.05) is 13.1 Å². The molecule has 1 nitrogen and oxygen atoms in total. The van der Waals surface area contributed by atoms with Crippen LogP contribution in [0, 0.1) is 11.6 Å². The maximum atomic E-state index is 13.7. The maximum absolute atomic E-state index is 13.7. The van der Waals surface area contributed by atoms with Gasteiger partial charge in [-0.2, -0.15) is 0 Å². The second kappa shape index (κ2) is 4.41. The lowest BCUT2D eigenvalue weighted by atomic mass is 9.99. The molecule has 2 aromatic rings. The molecule has 0 unspecified atom stereocenters. The van der Waals surface area contributed by atoms with Crippen molar-refractivity contribution in [3.63, 3.8) is 0 Å². The third kappa shape index (κ3) is 1.86. The van der Waals surface area contributed by atoms with Gasteiger partial charge in [0.1, 0.15) is 17.3 Å². The van der Waals surface area contributed by atoms with E-state index in [-0.39, 0.29) is 5.69 Å². The summed E-state index contributed by atoms with van der Waals surface area (Å²) < 4.78 is 27.5. The summed E-state index contributed by atoms with van der Waals surface area (Å²) in [6.07, 6.45) is 0.823. The van der Waals surface area contributed by atoms with Crippen molar-refractivity contribution in [2.45, 2.75) is 13.0 Å². The summed E-state index contributed by atoms with van der Waals surface area (Å²) in [7, 11) is 0. The monoisotopic (exact) mass is 245 g/mol. The van der Waals surface area contributed by atoms with Crippen LogP contribution in [0.15, 0.2) is 42.5 Å². The van der Waals surface area contributed by atoms with E-state index in [1.165, 1.54) is 23.8 Å². The van der Waals surface area contributed by atoms with Crippen LogP contribution in [0.1, 0.15) is 11.1 Å². The summed E-state index contributed by atoms with van der Waals surface area (Å²) in [5.41, 5.74) is 2.50. The van der Waals surface area contributed by atoms with E-state index in [9.17, 15) is 8.78 Å². The van der Waals surface area contributed by atoms with Crippen molar-refractivity contribution in [3.05, 3.63) is 65.2 Å². The van der Waals surface area contributed by atoms with Crippen molar-refractivity contribution in [2.24, 2.45) is 0 Å². The van der Waals surface area contributed by atoms with Gasteiger partial charge in [0.25, 0.3) is 0 Å². The van der Waals surface area contributed by atoms with E-state index >= 15 is 0 Å². The Morgan fingerprint density at radius 1 is 0.833 bits per heavy atom. The number of para-hydroxylation sites is 1. The fraction of sp³-hybridized carbons (Fsp3) is 0.200. The van der Waals surface area contributed by atoms with E-state index in [2.05, 4.69) is 6.07 Å². The highest BCUT2D eigenvalue weighted by Gasteiger charge is 2.21. The van der Waals surface area contributed by atoms with Crippen LogP contribution < -0.4 is 4.90 Å². The molecule has 0 aromatic heterocycles. The smallest absolute Gasteiger partial charge is 0.149 e. The minimum absolute atomic E-state index is 0.0898. The molecule has 0 fully saturated rings. The van der Waals surface area contributed by atoms with E-state index in [0.29, 0.717) is 13.1 Å². The molecule has 0 aliphatic carbocycles. The van der Waals surface area contributed by atoms with Crippen LogP contribution in [-0.4, -0.2) is 6.54 Å². The first-order valence-corrected chi connectivity index (χ1v) is 6.01. The zero-order chi connectivity index (χ0) is 12.5. The molecule has 1 aliphatic heterocycles. The van der Waals surface area contributed by atoms with Crippen LogP contribution in [0.2, 0.25) is 0 Å².